The number of nitrogens with zero attached hydrogens (tertiary/aromatic N) is 7. The molecule has 0 atom stereocenters. The van der Waals surface area contributed by atoms with E-state index in [9.17, 15) is 4.79 Å². The minimum Gasteiger partial charge on any atom is -0.300 e. The third-order valence-corrected chi connectivity index (χ3v) is 5.44. The topological polar surface area (TPSA) is 111 Å². The molecule has 0 saturated carbocycles. The van der Waals surface area contributed by atoms with Gasteiger partial charge >= 0.3 is 0 Å². The molecule has 0 unspecified atom stereocenters. The number of rotatable bonds is 6. The third kappa shape index (κ3) is 3.93. The van der Waals surface area contributed by atoms with E-state index in [-0.39, 0.29) is 11.7 Å². The number of hydrogen-bond acceptors (Lipinski definition) is 9. The van der Waals surface area contributed by atoms with E-state index < -0.39 is 0 Å². The fourth-order valence-corrected chi connectivity index (χ4v) is 3.64. The van der Waals surface area contributed by atoms with E-state index >= 15 is 0 Å². The van der Waals surface area contributed by atoms with Crippen molar-refractivity contribution in [3.63, 3.8) is 0 Å². The van der Waals surface area contributed by atoms with Gasteiger partial charge in [0.15, 0.2) is 5.65 Å². The summed E-state index contributed by atoms with van der Waals surface area (Å²) in [5, 5.41) is 25.4. The first-order valence-electron chi connectivity index (χ1n) is 8.11. The molecule has 0 saturated heterocycles. The lowest BCUT2D eigenvalue weighted by Gasteiger charge is -2.03. The van der Waals surface area contributed by atoms with E-state index in [1.165, 1.54) is 23.1 Å². The molecule has 1 N–H and O–H groups in total. The fraction of sp³-hybridized carbons (Fsp3) is 0.188. The van der Waals surface area contributed by atoms with Gasteiger partial charge in [0.1, 0.15) is 5.01 Å². The molecule has 0 fully saturated rings. The predicted molar refractivity (Wildman–Crippen MR) is 103 cm³/mol. The van der Waals surface area contributed by atoms with Gasteiger partial charge in [-0.2, -0.15) is 9.61 Å². The molecule has 11 heteroatoms. The average molecular weight is 398 g/mol. The summed E-state index contributed by atoms with van der Waals surface area (Å²) in [4.78, 5) is 16.3. The Hall–Kier alpha value is -2.92. The maximum Gasteiger partial charge on any atom is 0.236 e. The highest BCUT2D eigenvalue weighted by atomic mass is 32.2. The first kappa shape index (κ1) is 17.5. The number of pyridine rings is 1. The van der Waals surface area contributed by atoms with Gasteiger partial charge in [-0.15, -0.1) is 20.4 Å². The molecule has 0 aromatic carbocycles. The number of carbonyl (C=O) groups is 1. The van der Waals surface area contributed by atoms with Crippen molar-refractivity contribution in [2.24, 2.45) is 0 Å². The second-order valence-electron chi connectivity index (χ2n) is 5.40. The van der Waals surface area contributed by atoms with Crippen LogP contribution in [0.5, 0.6) is 0 Å². The van der Waals surface area contributed by atoms with Gasteiger partial charge in [0.25, 0.3) is 0 Å². The lowest BCUT2D eigenvalue weighted by Crippen LogP contribution is -2.14. The number of thioether (sulfide) groups is 1. The van der Waals surface area contributed by atoms with Gasteiger partial charge in [-0.25, -0.2) is 0 Å². The summed E-state index contributed by atoms with van der Waals surface area (Å²) in [6.07, 6.45) is 4.24. The van der Waals surface area contributed by atoms with Gasteiger partial charge in [-0.3, -0.25) is 15.1 Å². The summed E-state index contributed by atoms with van der Waals surface area (Å²) in [7, 11) is 0. The molecular formula is C16H14N8OS2. The second-order valence-corrected chi connectivity index (χ2v) is 7.41. The Balaban J connectivity index is 1.47. The lowest BCUT2D eigenvalue weighted by molar-refractivity contribution is -0.113. The van der Waals surface area contributed by atoms with Crippen LogP contribution in [0.1, 0.15) is 11.9 Å². The Morgan fingerprint density at radius 1 is 1.22 bits per heavy atom. The summed E-state index contributed by atoms with van der Waals surface area (Å²) >= 11 is 2.63. The summed E-state index contributed by atoms with van der Waals surface area (Å²) in [5.74, 6) is -0.0142. The number of aromatic nitrogens is 7. The maximum atomic E-state index is 12.2. The SMILES string of the molecule is CCc1nnc(NC(=O)CSc2nnc3ccc(-c4cccnc4)nn23)s1. The number of carbonyl (C=O) groups excluding carboxylic acids is 1. The highest BCUT2D eigenvalue weighted by Gasteiger charge is 2.13. The van der Waals surface area contributed by atoms with E-state index in [2.05, 4.69) is 35.8 Å². The monoisotopic (exact) mass is 398 g/mol. The Kier molecular flexibility index (Phi) is 5.03. The molecule has 9 nitrogen and oxygen atoms in total. The van der Waals surface area contributed by atoms with E-state index in [1.807, 2.05) is 31.2 Å². The van der Waals surface area contributed by atoms with Crippen molar-refractivity contribution in [2.45, 2.75) is 18.5 Å². The van der Waals surface area contributed by atoms with Crippen molar-refractivity contribution in [1.82, 2.24) is 35.0 Å². The van der Waals surface area contributed by atoms with Gasteiger partial charge in [-0.1, -0.05) is 30.0 Å². The molecule has 4 heterocycles. The number of anilines is 1. The van der Waals surface area contributed by atoms with Crippen LogP contribution in [0.3, 0.4) is 0 Å². The van der Waals surface area contributed by atoms with Crippen LogP contribution in [0.4, 0.5) is 5.13 Å². The summed E-state index contributed by atoms with van der Waals surface area (Å²) in [6, 6.07) is 7.48. The van der Waals surface area contributed by atoms with Crippen LogP contribution < -0.4 is 5.32 Å². The molecule has 0 aliphatic carbocycles. The highest BCUT2D eigenvalue weighted by Crippen LogP contribution is 2.21. The largest absolute Gasteiger partial charge is 0.300 e. The van der Waals surface area contributed by atoms with Crippen molar-refractivity contribution in [2.75, 3.05) is 11.1 Å². The molecule has 1 amide bonds. The normalized spacial score (nSPS) is 11.0. The van der Waals surface area contributed by atoms with E-state index in [0.29, 0.717) is 15.9 Å². The zero-order valence-corrected chi connectivity index (χ0v) is 15.9. The van der Waals surface area contributed by atoms with Gasteiger partial charge in [0, 0.05) is 18.0 Å². The lowest BCUT2D eigenvalue weighted by atomic mass is 10.2. The molecule has 0 bridgehead atoms. The molecule has 0 aliphatic heterocycles. The molecule has 0 aliphatic rings. The summed E-state index contributed by atoms with van der Waals surface area (Å²) in [6.45, 7) is 1.99. The molecule has 136 valence electrons. The van der Waals surface area contributed by atoms with Crippen molar-refractivity contribution >= 4 is 39.8 Å². The number of fused-ring (bicyclic) bond motifs is 1. The van der Waals surface area contributed by atoms with Gasteiger partial charge in [0.05, 0.1) is 11.4 Å². The second kappa shape index (κ2) is 7.76. The Bertz CT molecular complexity index is 1080. The van der Waals surface area contributed by atoms with E-state index in [1.54, 1.807) is 16.9 Å². The maximum absolute atomic E-state index is 12.2. The van der Waals surface area contributed by atoms with Crippen LogP contribution in [0.25, 0.3) is 16.9 Å². The number of aryl methyl sites for hydroxylation is 1. The molecule has 4 aromatic heterocycles. The Morgan fingerprint density at radius 2 is 2.15 bits per heavy atom. The molecule has 0 radical (unpaired) electrons. The molecule has 4 rings (SSSR count). The van der Waals surface area contributed by atoms with Crippen LogP contribution in [0.2, 0.25) is 0 Å². The quantitative estimate of drug-likeness (QED) is 0.493. The van der Waals surface area contributed by atoms with Gasteiger partial charge < -0.3 is 0 Å². The smallest absolute Gasteiger partial charge is 0.236 e. The minimum absolute atomic E-state index is 0.167. The van der Waals surface area contributed by atoms with Crippen LogP contribution in [-0.4, -0.2) is 46.7 Å². The minimum atomic E-state index is -0.182. The number of nitrogens with one attached hydrogen (secondary N) is 1. The zero-order chi connectivity index (χ0) is 18.6. The first-order valence-corrected chi connectivity index (χ1v) is 9.91. The molecular weight excluding hydrogens is 384 g/mol. The zero-order valence-electron chi connectivity index (χ0n) is 14.2. The summed E-state index contributed by atoms with van der Waals surface area (Å²) < 4.78 is 1.63. The van der Waals surface area contributed by atoms with E-state index in [0.717, 1.165) is 22.7 Å². The van der Waals surface area contributed by atoms with Crippen LogP contribution in [0, 0.1) is 0 Å². The van der Waals surface area contributed by atoms with Crippen LogP contribution in [-0.2, 0) is 11.2 Å². The van der Waals surface area contributed by atoms with Crippen molar-refractivity contribution < 1.29 is 4.79 Å². The van der Waals surface area contributed by atoms with Gasteiger partial charge in [-0.05, 0) is 30.7 Å². The van der Waals surface area contributed by atoms with Crippen LogP contribution in [0.15, 0.2) is 41.8 Å². The predicted octanol–water partition coefficient (Wildman–Crippen LogP) is 2.33. The van der Waals surface area contributed by atoms with Gasteiger partial charge in [0.2, 0.25) is 16.2 Å². The molecule has 27 heavy (non-hydrogen) atoms. The third-order valence-electron chi connectivity index (χ3n) is 3.54. The van der Waals surface area contributed by atoms with Crippen molar-refractivity contribution in [3.8, 4) is 11.3 Å². The standard InChI is InChI=1S/C16H14N8OS2/c1-2-14-20-21-15(27-14)18-13(25)9-26-16-22-19-12-6-5-11(23-24(12)16)10-4-3-7-17-8-10/h3-8H,2,9H2,1H3,(H,18,21,25). The number of hydrogen-bond donors (Lipinski definition) is 1. The van der Waals surface area contributed by atoms with Crippen molar-refractivity contribution in [1.29, 1.82) is 0 Å². The Labute approximate surface area is 162 Å². The first-order chi connectivity index (χ1) is 13.2. The number of amides is 1. The Morgan fingerprint density at radius 3 is 2.93 bits per heavy atom. The summed E-state index contributed by atoms with van der Waals surface area (Å²) in [5.41, 5.74) is 2.26. The molecule has 4 aromatic rings. The fourth-order valence-electron chi connectivity index (χ4n) is 2.26. The van der Waals surface area contributed by atoms with E-state index in [4.69, 9.17) is 0 Å². The average Bonchev–Trinajstić information content (AvgIpc) is 3.33. The molecule has 0 spiro atoms. The van der Waals surface area contributed by atoms with Crippen molar-refractivity contribution in [3.05, 3.63) is 41.7 Å². The highest BCUT2D eigenvalue weighted by molar-refractivity contribution is 7.99. The van der Waals surface area contributed by atoms with Crippen LogP contribution >= 0.6 is 23.1 Å².